The maximum atomic E-state index is 10.5. The summed E-state index contributed by atoms with van der Waals surface area (Å²) in [6.45, 7) is 1.83. The number of carboxylic acids is 1. The van der Waals surface area contributed by atoms with Crippen LogP contribution in [-0.2, 0) is 11.2 Å². The Bertz CT molecular complexity index is 489. The average molecular weight is 236 g/mol. The zero-order valence-electron chi connectivity index (χ0n) is 9.29. The van der Waals surface area contributed by atoms with E-state index in [0.717, 1.165) is 5.56 Å². The van der Waals surface area contributed by atoms with Crippen molar-refractivity contribution in [3.63, 3.8) is 0 Å². The van der Waals surface area contributed by atoms with E-state index in [1.165, 1.54) is 12.5 Å². The summed E-state index contributed by atoms with van der Waals surface area (Å²) in [6.07, 6.45) is 3.59. The first-order valence-electron chi connectivity index (χ1n) is 5.22. The third-order valence-corrected chi connectivity index (χ3v) is 2.29. The van der Waals surface area contributed by atoms with Gasteiger partial charge in [-0.25, -0.2) is 0 Å². The lowest BCUT2D eigenvalue weighted by molar-refractivity contribution is -0.137. The van der Waals surface area contributed by atoms with Crippen molar-refractivity contribution in [1.29, 1.82) is 0 Å². The normalized spacial score (nSPS) is 12.5. The standard InChI is InChI=1S/C11H12N2O4/c1-7(5-10(14)15)4-9-12-11(13-17-9)8-2-3-16-6-8/h2-3,6-7H,4-5H2,1H3,(H,14,15). The number of hydrogen-bond donors (Lipinski definition) is 1. The van der Waals surface area contributed by atoms with Crippen LogP contribution in [0, 0.1) is 5.92 Å². The first-order chi connectivity index (χ1) is 8.15. The first-order valence-corrected chi connectivity index (χ1v) is 5.22. The summed E-state index contributed by atoms with van der Waals surface area (Å²) < 4.78 is 9.96. The molecule has 0 amide bonds. The van der Waals surface area contributed by atoms with E-state index in [2.05, 4.69) is 10.1 Å². The van der Waals surface area contributed by atoms with Gasteiger partial charge in [0.15, 0.2) is 0 Å². The smallest absolute Gasteiger partial charge is 0.303 e. The van der Waals surface area contributed by atoms with Crippen LogP contribution in [0.2, 0.25) is 0 Å². The lowest BCUT2D eigenvalue weighted by Crippen LogP contribution is -2.07. The van der Waals surface area contributed by atoms with Gasteiger partial charge >= 0.3 is 5.97 Å². The van der Waals surface area contributed by atoms with Crippen molar-refractivity contribution in [1.82, 2.24) is 10.1 Å². The molecule has 0 bridgehead atoms. The Morgan fingerprint density at radius 2 is 2.41 bits per heavy atom. The second-order valence-electron chi connectivity index (χ2n) is 3.93. The van der Waals surface area contributed by atoms with Crippen molar-refractivity contribution in [3.8, 4) is 11.4 Å². The zero-order valence-corrected chi connectivity index (χ0v) is 9.29. The van der Waals surface area contributed by atoms with E-state index in [9.17, 15) is 4.79 Å². The molecule has 0 aliphatic heterocycles. The molecule has 90 valence electrons. The molecule has 0 aromatic carbocycles. The number of hydrogen-bond acceptors (Lipinski definition) is 5. The van der Waals surface area contributed by atoms with Crippen molar-refractivity contribution >= 4 is 5.97 Å². The molecule has 1 atom stereocenters. The molecule has 2 rings (SSSR count). The third kappa shape index (κ3) is 2.93. The van der Waals surface area contributed by atoms with Gasteiger partial charge in [-0.1, -0.05) is 12.1 Å². The minimum absolute atomic E-state index is 0.0369. The molecule has 0 spiro atoms. The number of furan rings is 1. The highest BCUT2D eigenvalue weighted by Crippen LogP contribution is 2.17. The summed E-state index contributed by atoms with van der Waals surface area (Å²) in [7, 11) is 0. The van der Waals surface area contributed by atoms with E-state index in [1.54, 1.807) is 6.07 Å². The molecule has 2 heterocycles. The first kappa shape index (κ1) is 11.4. The zero-order chi connectivity index (χ0) is 12.3. The fourth-order valence-corrected chi connectivity index (χ4v) is 1.52. The lowest BCUT2D eigenvalue weighted by atomic mass is 10.0. The van der Waals surface area contributed by atoms with Crippen molar-refractivity contribution < 1.29 is 18.8 Å². The average Bonchev–Trinajstić information content (AvgIpc) is 2.84. The molecule has 0 saturated carbocycles. The Kier molecular flexibility index (Phi) is 3.22. The predicted octanol–water partition coefficient (Wildman–Crippen LogP) is 1.98. The van der Waals surface area contributed by atoms with E-state index in [1.807, 2.05) is 6.92 Å². The van der Waals surface area contributed by atoms with Gasteiger partial charge in [0, 0.05) is 12.8 Å². The molecule has 6 nitrogen and oxygen atoms in total. The fraction of sp³-hybridized carbons (Fsp3) is 0.364. The maximum Gasteiger partial charge on any atom is 0.303 e. The Morgan fingerprint density at radius 3 is 3.06 bits per heavy atom. The summed E-state index contributed by atoms with van der Waals surface area (Å²) in [6, 6.07) is 1.73. The van der Waals surface area contributed by atoms with Crippen molar-refractivity contribution in [3.05, 3.63) is 24.5 Å². The minimum atomic E-state index is -0.827. The molecule has 17 heavy (non-hydrogen) atoms. The summed E-state index contributed by atoms with van der Waals surface area (Å²) in [5.41, 5.74) is 0.742. The molecule has 0 fully saturated rings. The Hall–Kier alpha value is -2.11. The molecule has 6 heteroatoms. The highest BCUT2D eigenvalue weighted by atomic mass is 16.5. The second-order valence-corrected chi connectivity index (χ2v) is 3.93. The van der Waals surface area contributed by atoms with Crippen molar-refractivity contribution in [2.75, 3.05) is 0 Å². The van der Waals surface area contributed by atoms with Crippen molar-refractivity contribution in [2.45, 2.75) is 19.8 Å². The van der Waals surface area contributed by atoms with Crippen LogP contribution < -0.4 is 0 Å². The van der Waals surface area contributed by atoms with Crippen molar-refractivity contribution in [2.24, 2.45) is 5.92 Å². The van der Waals surface area contributed by atoms with Crippen LogP contribution in [-0.4, -0.2) is 21.2 Å². The molecule has 2 aromatic rings. The number of nitrogens with zero attached hydrogens (tertiary/aromatic N) is 2. The monoisotopic (exact) mass is 236 g/mol. The lowest BCUT2D eigenvalue weighted by Gasteiger charge is -2.02. The molecule has 0 radical (unpaired) electrons. The number of carboxylic acid groups (broad SMARTS) is 1. The molecular formula is C11H12N2O4. The summed E-state index contributed by atoms with van der Waals surface area (Å²) in [5, 5.41) is 12.4. The van der Waals surface area contributed by atoms with E-state index < -0.39 is 5.97 Å². The third-order valence-electron chi connectivity index (χ3n) is 2.29. The minimum Gasteiger partial charge on any atom is -0.481 e. The molecule has 2 aromatic heterocycles. The van der Waals surface area contributed by atoms with Crippen LogP contribution >= 0.6 is 0 Å². The Morgan fingerprint density at radius 1 is 1.59 bits per heavy atom. The van der Waals surface area contributed by atoms with Crippen LogP contribution in [0.5, 0.6) is 0 Å². The van der Waals surface area contributed by atoms with Gasteiger partial charge in [-0.3, -0.25) is 4.79 Å². The largest absolute Gasteiger partial charge is 0.481 e. The van der Waals surface area contributed by atoms with Gasteiger partial charge in [0.2, 0.25) is 11.7 Å². The van der Waals surface area contributed by atoms with Crippen LogP contribution in [0.1, 0.15) is 19.2 Å². The van der Waals surface area contributed by atoms with E-state index >= 15 is 0 Å². The molecular weight excluding hydrogens is 224 g/mol. The highest BCUT2D eigenvalue weighted by Gasteiger charge is 2.14. The number of carbonyl (C=O) groups is 1. The van der Waals surface area contributed by atoms with E-state index in [-0.39, 0.29) is 12.3 Å². The molecule has 0 aliphatic rings. The highest BCUT2D eigenvalue weighted by molar-refractivity contribution is 5.66. The number of aromatic nitrogens is 2. The van der Waals surface area contributed by atoms with Crippen LogP contribution in [0.25, 0.3) is 11.4 Å². The van der Waals surface area contributed by atoms with Gasteiger partial charge in [-0.05, 0) is 12.0 Å². The SMILES string of the molecule is CC(CC(=O)O)Cc1nc(-c2ccoc2)no1. The van der Waals surface area contributed by atoms with Gasteiger partial charge < -0.3 is 14.0 Å². The Labute approximate surface area is 97.2 Å². The molecule has 1 unspecified atom stereocenters. The fourth-order valence-electron chi connectivity index (χ4n) is 1.52. The van der Waals surface area contributed by atoms with E-state index in [4.69, 9.17) is 14.0 Å². The van der Waals surface area contributed by atoms with Gasteiger partial charge in [0.05, 0.1) is 11.8 Å². The molecule has 0 aliphatic carbocycles. The number of aliphatic carboxylic acids is 1. The number of rotatable bonds is 5. The van der Waals surface area contributed by atoms with Gasteiger partial charge in [0.1, 0.15) is 6.26 Å². The van der Waals surface area contributed by atoms with E-state index in [0.29, 0.717) is 18.1 Å². The maximum absolute atomic E-state index is 10.5. The summed E-state index contributed by atoms with van der Waals surface area (Å²) in [4.78, 5) is 14.7. The quantitative estimate of drug-likeness (QED) is 0.853. The van der Waals surface area contributed by atoms with Gasteiger partial charge in [0.25, 0.3) is 0 Å². The predicted molar refractivity (Wildman–Crippen MR) is 57.1 cm³/mol. The second kappa shape index (κ2) is 4.82. The van der Waals surface area contributed by atoms with Gasteiger partial charge in [-0.15, -0.1) is 0 Å². The Balaban J connectivity index is 2.01. The van der Waals surface area contributed by atoms with Crippen LogP contribution in [0.3, 0.4) is 0 Å². The van der Waals surface area contributed by atoms with Crippen LogP contribution in [0.15, 0.2) is 27.5 Å². The van der Waals surface area contributed by atoms with Gasteiger partial charge in [-0.2, -0.15) is 4.98 Å². The summed E-state index contributed by atoms with van der Waals surface area (Å²) in [5.74, 6) is 0.0310. The molecule has 1 N–H and O–H groups in total. The summed E-state index contributed by atoms with van der Waals surface area (Å²) >= 11 is 0. The van der Waals surface area contributed by atoms with Crippen LogP contribution in [0.4, 0.5) is 0 Å². The molecule has 0 saturated heterocycles. The topological polar surface area (TPSA) is 89.4 Å².